The Hall–Kier alpha value is -1.88. The standard InChI is InChI=1S/C18H29N3O2/c1-4-8-21(9-5-2)12-18(23)20-16-6-7-17(19)15(11-16)10-14(3)13-22/h6-7,11,13-14H,4-5,8-10,12,19H2,1-3H3,(H,20,23). The maximum Gasteiger partial charge on any atom is 0.238 e. The first-order chi connectivity index (χ1) is 11.0. The van der Waals surface area contributed by atoms with Gasteiger partial charge in [0.15, 0.2) is 0 Å². The molecule has 0 saturated heterocycles. The fourth-order valence-electron chi connectivity index (χ4n) is 2.56. The Balaban J connectivity index is 2.70. The minimum absolute atomic E-state index is 0.0222. The van der Waals surface area contributed by atoms with Crippen molar-refractivity contribution >= 4 is 23.6 Å². The van der Waals surface area contributed by atoms with Crippen LogP contribution >= 0.6 is 0 Å². The molecule has 23 heavy (non-hydrogen) atoms. The maximum absolute atomic E-state index is 12.2. The minimum atomic E-state index is -0.0900. The molecule has 1 aromatic carbocycles. The molecule has 0 aromatic heterocycles. The van der Waals surface area contributed by atoms with Gasteiger partial charge in [0.1, 0.15) is 6.29 Å². The molecule has 0 spiro atoms. The normalized spacial score (nSPS) is 12.2. The molecule has 1 aromatic rings. The first-order valence-corrected chi connectivity index (χ1v) is 8.36. The van der Waals surface area contributed by atoms with Crippen LogP contribution in [0.5, 0.6) is 0 Å². The summed E-state index contributed by atoms with van der Waals surface area (Å²) < 4.78 is 0. The van der Waals surface area contributed by atoms with Gasteiger partial charge >= 0.3 is 0 Å². The summed E-state index contributed by atoms with van der Waals surface area (Å²) in [5.74, 6) is -0.112. The van der Waals surface area contributed by atoms with Gasteiger partial charge in [0.2, 0.25) is 5.91 Å². The topological polar surface area (TPSA) is 75.4 Å². The molecular weight excluding hydrogens is 290 g/mol. The average molecular weight is 319 g/mol. The van der Waals surface area contributed by atoms with Gasteiger partial charge in [-0.3, -0.25) is 9.69 Å². The zero-order valence-electron chi connectivity index (χ0n) is 14.5. The van der Waals surface area contributed by atoms with E-state index in [4.69, 9.17) is 5.73 Å². The van der Waals surface area contributed by atoms with Crippen molar-refractivity contribution in [1.82, 2.24) is 4.90 Å². The van der Waals surface area contributed by atoms with Crippen LogP contribution in [0.4, 0.5) is 11.4 Å². The highest BCUT2D eigenvalue weighted by atomic mass is 16.2. The molecule has 0 fully saturated rings. The molecule has 0 aliphatic carbocycles. The molecule has 0 saturated carbocycles. The molecule has 0 aliphatic heterocycles. The zero-order chi connectivity index (χ0) is 17.2. The lowest BCUT2D eigenvalue weighted by molar-refractivity contribution is -0.117. The summed E-state index contributed by atoms with van der Waals surface area (Å²) in [6, 6.07) is 5.43. The number of amides is 1. The van der Waals surface area contributed by atoms with E-state index in [1.165, 1.54) is 0 Å². The summed E-state index contributed by atoms with van der Waals surface area (Å²) >= 11 is 0. The van der Waals surface area contributed by atoms with Crippen molar-refractivity contribution < 1.29 is 9.59 Å². The van der Waals surface area contributed by atoms with E-state index in [0.717, 1.165) is 43.5 Å². The number of anilines is 2. The first-order valence-electron chi connectivity index (χ1n) is 8.36. The summed E-state index contributed by atoms with van der Waals surface area (Å²) in [5.41, 5.74) is 8.21. The van der Waals surface area contributed by atoms with Crippen molar-refractivity contribution in [2.75, 3.05) is 30.7 Å². The summed E-state index contributed by atoms with van der Waals surface area (Å²) in [6.07, 6.45) is 3.56. The van der Waals surface area contributed by atoms with E-state index in [9.17, 15) is 9.59 Å². The number of hydrogen-bond donors (Lipinski definition) is 2. The maximum atomic E-state index is 12.2. The monoisotopic (exact) mass is 319 g/mol. The van der Waals surface area contributed by atoms with Crippen molar-refractivity contribution in [2.45, 2.75) is 40.0 Å². The van der Waals surface area contributed by atoms with Crippen LogP contribution in [-0.4, -0.2) is 36.7 Å². The number of carbonyl (C=O) groups is 2. The summed E-state index contributed by atoms with van der Waals surface area (Å²) in [4.78, 5) is 25.2. The number of rotatable bonds is 10. The second-order valence-corrected chi connectivity index (χ2v) is 6.06. The van der Waals surface area contributed by atoms with E-state index in [1.54, 1.807) is 12.1 Å². The number of nitrogens with two attached hydrogens (primary N) is 1. The molecule has 3 N–H and O–H groups in total. The van der Waals surface area contributed by atoms with E-state index in [0.29, 0.717) is 18.7 Å². The van der Waals surface area contributed by atoms with E-state index in [-0.39, 0.29) is 11.8 Å². The fraction of sp³-hybridized carbons (Fsp3) is 0.556. The van der Waals surface area contributed by atoms with E-state index in [2.05, 4.69) is 24.1 Å². The van der Waals surface area contributed by atoms with Crippen molar-refractivity contribution in [3.05, 3.63) is 23.8 Å². The zero-order valence-corrected chi connectivity index (χ0v) is 14.5. The van der Waals surface area contributed by atoms with E-state index >= 15 is 0 Å². The van der Waals surface area contributed by atoms with Crippen LogP contribution in [0, 0.1) is 5.92 Å². The lowest BCUT2D eigenvalue weighted by atomic mass is 10.0. The van der Waals surface area contributed by atoms with Crippen LogP contribution in [0.1, 0.15) is 39.2 Å². The predicted molar refractivity (Wildman–Crippen MR) is 95.4 cm³/mol. The Bertz CT molecular complexity index is 511. The molecule has 0 aliphatic rings. The highest BCUT2D eigenvalue weighted by Gasteiger charge is 2.11. The molecule has 5 heteroatoms. The predicted octanol–water partition coefficient (Wildman–Crippen LogP) is 2.71. The molecule has 0 radical (unpaired) electrons. The fourth-order valence-corrected chi connectivity index (χ4v) is 2.56. The number of nitrogen functional groups attached to an aromatic ring is 1. The van der Waals surface area contributed by atoms with Crippen LogP contribution in [0.2, 0.25) is 0 Å². The number of carbonyl (C=O) groups excluding carboxylic acids is 2. The summed E-state index contributed by atoms with van der Waals surface area (Å²) in [5, 5.41) is 2.92. The second-order valence-electron chi connectivity index (χ2n) is 6.06. The van der Waals surface area contributed by atoms with Crippen LogP contribution < -0.4 is 11.1 Å². The third-order valence-electron chi connectivity index (χ3n) is 3.65. The van der Waals surface area contributed by atoms with Gasteiger partial charge in [0.05, 0.1) is 6.54 Å². The van der Waals surface area contributed by atoms with E-state index in [1.807, 2.05) is 13.0 Å². The van der Waals surface area contributed by atoms with Gasteiger partial charge in [-0.05, 0) is 56.1 Å². The third kappa shape index (κ3) is 6.82. The minimum Gasteiger partial charge on any atom is -0.399 e. The molecular formula is C18H29N3O2. The molecule has 5 nitrogen and oxygen atoms in total. The largest absolute Gasteiger partial charge is 0.399 e. The van der Waals surface area contributed by atoms with Gasteiger partial charge in [-0.1, -0.05) is 20.8 Å². The molecule has 1 unspecified atom stereocenters. The molecule has 0 heterocycles. The quantitative estimate of drug-likeness (QED) is 0.513. The average Bonchev–Trinajstić information content (AvgIpc) is 2.51. The van der Waals surface area contributed by atoms with Gasteiger partial charge in [-0.15, -0.1) is 0 Å². The Labute approximate surface area is 139 Å². The molecule has 1 rings (SSSR count). The Kier molecular flexibility index (Phi) is 8.33. The van der Waals surface area contributed by atoms with Gasteiger partial charge in [0.25, 0.3) is 0 Å². The van der Waals surface area contributed by atoms with Crippen LogP contribution in [0.25, 0.3) is 0 Å². The number of benzene rings is 1. The van der Waals surface area contributed by atoms with Gasteiger partial charge < -0.3 is 15.8 Å². The van der Waals surface area contributed by atoms with Gasteiger partial charge in [0, 0.05) is 17.3 Å². The summed E-state index contributed by atoms with van der Waals surface area (Å²) in [6.45, 7) is 8.31. The number of aldehydes is 1. The highest BCUT2D eigenvalue weighted by Crippen LogP contribution is 2.20. The van der Waals surface area contributed by atoms with Gasteiger partial charge in [-0.25, -0.2) is 0 Å². The Morgan fingerprint density at radius 1 is 1.30 bits per heavy atom. The van der Waals surface area contributed by atoms with Crippen molar-refractivity contribution in [1.29, 1.82) is 0 Å². The van der Waals surface area contributed by atoms with Gasteiger partial charge in [-0.2, -0.15) is 0 Å². The molecule has 128 valence electrons. The Morgan fingerprint density at radius 3 is 2.52 bits per heavy atom. The molecule has 1 atom stereocenters. The Morgan fingerprint density at radius 2 is 1.96 bits per heavy atom. The highest BCUT2D eigenvalue weighted by molar-refractivity contribution is 5.92. The van der Waals surface area contributed by atoms with Crippen molar-refractivity contribution in [3.8, 4) is 0 Å². The third-order valence-corrected chi connectivity index (χ3v) is 3.65. The lowest BCUT2D eigenvalue weighted by Gasteiger charge is -2.20. The van der Waals surface area contributed by atoms with Crippen LogP contribution in [-0.2, 0) is 16.0 Å². The molecule has 0 bridgehead atoms. The van der Waals surface area contributed by atoms with Crippen LogP contribution in [0.15, 0.2) is 18.2 Å². The van der Waals surface area contributed by atoms with Crippen molar-refractivity contribution in [3.63, 3.8) is 0 Å². The van der Waals surface area contributed by atoms with Crippen molar-refractivity contribution in [2.24, 2.45) is 5.92 Å². The van der Waals surface area contributed by atoms with E-state index < -0.39 is 0 Å². The summed E-state index contributed by atoms with van der Waals surface area (Å²) in [7, 11) is 0. The SMILES string of the molecule is CCCN(CCC)CC(=O)Nc1ccc(N)c(CC(C)C=O)c1. The van der Waals surface area contributed by atoms with Crippen LogP contribution in [0.3, 0.4) is 0 Å². The smallest absolute Gasteiger partial charge is 0.238 e. The lowest BCUT2D eigenvalue weighted by Crippen LogP contribution is -2.34. The first kappa shape index (κ1) is 19.2. The number of nitrogens with zero attached hydrogens (tertiary/aromatic N) is 1. The number of nitrogens with one attached hydrogen (secondary N) is 1. The number of hydrogen-bond acceptors (Lipinski definition) is 4. The molecule has 1 amide bonds. The second kappa shape index (κ2) is 10.0.